The lowest BCUT2D eigenvalue weighted by atomic mass is 9.89. The summed E-state index contributed by atoms with van der Waals surface area (Å²) in [5.74, 6) is 0. The molecule has 0 aromatic carbocycles. The van der Waals surface area contributed by atoms with E-state index < -0.39 is 0 Å². The molecular formula is C9H19NO. The number of nitrogens with one attached hydrogen (secondary N) is 1. The van der Waals surface area contributed by atoms with Gasteiger partial charge in [0, 0.05) is 13.7 Å². The summed E-state index contributed by atoms with van der Waals surface area (Å²) in [6.07, 6.45) is 4.89. The molecule has 1 unspecified atom stereocenters. The lowest BCUT2D eigenvalue weighted by molar-refractivity contribution is -0.0351. The first-order chi connectivity index (χ1) is 5.33. The molecule has 0 aromatic heterocycles. The van der Waals surface area contributed by atoms with Crippen LogP contribution in [0, 0.1) is 0 Å². The summed E-state index contributed by atoms with van der Waals surface area (Å²) >= 11 is 0. The Morgan fingerprint density at radius 2 is 2.36 bits per heavy atom. The highest BCUT2D eigenvalue weighted by atomic mass is 16.5. The summed E-state index contributed by atoms with van der Waals surface area (Å²) in [6, 6.07) is 0. The zero-order chi connectivity index (χ0) is 8.16. The smallest absolute Gasteiger partial charge is 0.0802 e. The van der Waals surface area contributed by atoms with Crippen molar-refractivity contribution in [2.24, 2.45) is 0 Å². The van der Waals surface area contributed by atoms with Gasteiger partial charge in [-0.25, -0.2) is 0 Å². The van der Waals surface area contributed by atoms with Gasteiger partial charge in [-0.15, -0.1) is 0 Å². The Morgan fingerprint density at radius 3 is 2.82 bits per heavy atom. The lowest BCUT2D eigenvalue weighted by Gasteiger charge is -2.36. The topological polar surface area (TPSA) is 21.3 Å². The zero-order valence-electron chi connectivity index (χ0n) is 7.65. The van der Waals surface area contributed by atoms with Crippen LogP contribution in [0.4, 0.5) is 0 Å². The van der Waals surface area contributed by atoms with Gasteiger partial charge in [-0.1, -0.05) is 13.3 Å². The molecule has 66 valence electrons. The molecule has 1 rings (SSSR count). The van der Waals surface area contributed by atoms with E-state index in [1.54, 1.807) is 0 Å². The van der Waals surface area contributed by atoms with Crippen molar-refractivity contribution >= 4 is 0 Å². The van der Waals surface area contributed by atoms with Crippen LogP contribution in [0.25, 0.3) is 0 Å². The fourth-order valence-corrected chi connectivity index (χ4v) is 1.89. The number of ether oxygens (including phenoxy) is 1. The maximum Gasteiger partial charge on any atom is 0.0802 e. The van der Waals surface area contributed by atoms with Crippen LogP contribution < -0.4 is 5.32 Å². The minimum absolute atomic E-state index is 0.160. The first kappa shape index (κ1) is 9.01. The van der Waals surface area contributed by atoms with E-state index >= 15 is 0 Å². The molecule has 0 radical (unpaired) electrons. The Hall–Kier alpha value is -0.0800. The molecule has 0 amide bonds. The van der Waals surface area contributed by atoms with Crippen molar-refractivity contribution in [2.75, 3.05) is 20.2 Å². The second kappa shape index (κ2) is 4.07. The van der Waals surface area contributed by atoms with Gasteiger partial charge in [-0.3, -0.25) is 0 Å². The van der Waals surface area contributed by atoms with Gasteiger partial charge in [0.15, 0.2) is 0 Å². The van der Waals surface area contributed by atoms with E-state index in [2.05, 4.69) is 12.2 Å². The van der Waals surface area contributed by atoms with Gasteiger partial charge in [0.05, 0.1) is 5.60 Å². The molecule has 1 atom stereocenters. The molecule has 1 fully saturated rings. The van der Waals surface area contributed by atoms with Crippen LogP contribution in [0.3, 0.4) is 0 Å². The standard InChI is InChI=1S/C9H19NO/c1-3-5-9(11-2)6-4-7-10-8-9/h10H,3-8H2,1-2H3. The monoisotopic (exact) mass is 157 g/mol. The molecule has 2 heteroatoms. The van der Waals surface area contributed by atoms with Crippen molar-refractivity contribution in [1.29, 1.82) is 0 Å². The van der Waals surface area contributed by atoms with E-state index in [-0.39, 0.29) is 5.60 Å². The zero-order valence-corrected chi connectivity index (χ0v) is 7.65. The van der Waals surface area contributed by atoms with Crippen LogP contribution in [-0.2, 0) is 4.74 Å². The minimum Gasteiger partial charge on any atom is -0.377 e. The number of rotatable bonds is 3. The van der Waals surface area contributed by atoms with E-state index in [0.717, 1.165) is 13.1 Å². The highest BCUT2D eigenvalue weighted by molar-refractivity contribution is 4.86. The molecular weight excluding hydrogens is 138 g/mol. The SMILES string of the molecule is CCCC1(OC)CCCNC1. The molecule has 11 heavy (non-hydrogen) atoms. The number of piperidine rings is 1. The van der Waals surface area contributed by atoms with Gasteiger partial charge in [0.1, 0.15) is 0 Å². The van der Waals surface area contributed by atoms with Gasteiger partial charge in [0.2, 0.25) is 0 Å². The van der Waals surface area contributed by atoms with Crippen LogP contribution in [-0.4, -0.2) is 25.8 Å². The second-order valence-corrected chi connectivity index (χ2v) is 3.42. The van der Waals surface area contributed by atoms with E-state index in [4.69, 9.17) is 4.74 Å². The largest absolute Gasteiger partial charge is 0.377 e. The Kier molecular flexibility index (Phi) is 3.34. The third-order valence-electron chi connectivity index (χ3n) is 2.57. The van der Waals surface area contributed by atoms with E-state index in [9.17, 15) is 0 Å². The van der Waals surface area contributed by atoms with Crippen molar-refractivity contribution < 1.29 is 4.74 Å². The normalized spacial score (nSPS) is 32.2. The Morgan fingerprint density at radius 1 is 1.55 bits per heavy atom. The lowest BCUT2D eigenvalue weighted by Crippen LogP contribution is -2.46. The molecule has 0 saturated carbocycles. The van der Waals surface area contributed by atoms with Crippen molar-refractivity contribution in [3.63, 3.8) is 0 Å². The minimum atomic E-state index is 0.160. The van der Waals surface area contributed by atoms with Crippen molar-refractivity contribution in [2.45, 2.75) is 38.2 Å². The summed E-state index contributed by atoms with van der Waals surface area (Å²) in [5.41, 5.74) is 0.160. The fraction of sp³-hybridized carbons (Fsp3) is 1.00. The first-order valence-corrected chi connectivity index (χ1v) is 4.59. The Bertz CT molecular complexity index is 103. The molecule has 1 aliphatic rings. The second-order valence-electron chi connectivity index (χ2n) is 3.42. The summed E-state index contributed by atoms with van der Waals surface area (Å²) < 4.78 is 5.56. The van der Waals surface area contributed by atoms with Gasteiger partial charge < -0.3 is 10.1 Å². The summed E-state index contributed by atoms with van der Waals surface area (Å²) in [6.45, 7) is 4.42. The summed E-state index contributed by atoms with van der Waals surface area (Å²) in [7, 11) is 1.84. The van der Waals surface area contributed by atoms with Crippen LogP contribution in [0.1, 0.15) is 32.6 Å². The Balaban J connectivity index is 2.42. The van der Waals surface area contributed by atoms with Crippen LogP contribution in [0.2, 0.25) is 0 Å². The molecule has 1 saturated heterocycles. The van der Waals surface area contributed by atoms with E-state index in [1.165, 1.54) is 25.7 Å². The summed E-state index contributed by atoms with van der Waals surface area (Å²) in [5, 5.41) is 3.39. The highest BCUT2D eigenvalue weighted by Crippen LogP contribution is 2.24. The third kappa shape index (κ3) is 2.17. The quantitative estimate of drug-likeness (QED) is 0.671. The predicted molar refractivity (Wildman–Crippen MR) is 46.8 cm³/mol. The molecule has 0 aliphatic carbocycles. The van der Waals surface area contributed by atoms with E-state index in [1.807, 2.05) is 7.11 Å². The molecule has 1 aliphatic heterocycles. The predicted octanol–water partition coefficient (Wildman–Crippen LogP) is 1.56. The molecule has 1 N–H and O–H groups in total. The number of hydrogen-bond acceptors (Lipinski definition) is 2. The van der Waals surface area contributed by atoms with Crippen molar-refractivity contribution in [3.8, 4) is 0 Å². The average molecular weight is 157 g/mol. The van der Waals surface area contributed by atoms with Crippen molar-refractivity contribution in [3.05, 3.63) is 0 Å². The molecule has 0 spiro atoms. The average Bonchev–Trinajstić information content (AvgIpc) is 2.07. The van der Waals surface area contributed by atoms with Gasteiger partial charge in [-0.05, 0) is 25.8 Å². The first-order valence-electron chi connectivity index (χ1n) is 4.59. The maximum absolute atomic E-state index is 5.56. The summed E-state index contributed by atoms with van der Waals surface area (Å²) in [4.78, 5) is 0. The molecule has 1 heterocycles. The maximum atomic E-state index is 5.56. The van der Waals surface area contributed by atoms with Gasteiger partial charge in [-0.2, -0.15) is 0 Å². The van der Waals surface area contributed by atoms with Crippen LogP contribution in [0.5, 0.6) is 0 Å². The molecule has 0 bridgehead atoms. The number of hydrogen-bond donors (Lipinski definition) is 1. The molecule has 2 nitrogen and oxygen atoms in total. The third-order valence-corrected chi connectivity index (χ3v) is 2.57. The number of methoxy groups -OCH3 is 1. The Labute approximate surface area is 69.3 Å². The van der Waals surface area contributed by atoms with Crippen LogP contribution >= 0.6 is 0 Å². The highest BCUT2D eigenvalue weighted by Gasteiger charge is 2.30. The molecule has 0 aromatic rings. The van der Waals surface area contributed by atoms with Gasteiger partial charge in [0.25, 0.3) is 0 Å². The fourth-order valence-electron chi connectivity index (χ4n) is 1.89. The van der Waals surface area contributed by atoms with Crippen LogP contribution in [0.15, 0.2) is 0 Å². The van der Waals surface area contributed by atoms with Crippen molar-refractivity contribution in [1.82, 2.24) is 5.32 Å². The van der Waals surface area contributed by atoms with E-state index in [0.29, 0.717) is 0 Å². The van der Waals surface area contributed by atoms with Gasteiger partial charge >= 0.3 is 0 Å².